The number of alkyl halides is 9. The lowest BCUT2D eigenvalue weighted by atomic mass is 10.1. The minimum Gasteiger partial charge on any atom is -0.325 e. The van der Waals surface area contributed by atoms with Gasteiger partial charge in [0.1, 0.15) is 5.02 Å². The summed E-state index contributed by atoms with van der Waals surface area (Å²) in [5.74, 6) is -1.06. The molecule has 1 heterocycles. The Morgan fingerprint density at radius 2 is 1.59 bits per heavy atom. The van der Waals surface area contributed by atoms with Gasteiger partial charge in [0.25, 0.3) is 5.56 Å². The third-order valence-corrected chi connectivity index (χ3v) is 3.94. The van der Waals surface area contributed by atoms with Gasteiger partial charge in [-0.3, -0.25) is 9.36 Å². The van der Waals surface area contributed by atoms with E-state index in [9.17, 15) is 44.3 Å². The van der Waals surface area contributed by atoms with Gasteiger partial charge in [-0.05, 0) is 25.1 Å². The zero-order valence-electron chi connectivity index (χ0n) is 14.0. The first-order valence-corrected chi connectivity index (χ1v) is 7.88. The van der Waals surface area contributed by atoms with E-state index in [4.69, 9.17) is 11.6 Å². The van der Waals surface area contributed by atoms with Crippen LogP contribution in [-0.2, 0) is 25.1 Å². The Labute approximate surface area is 160 Å². The molecular weight excluding hydrogens is 445 g/mol. The minimum absolute atomic E-state index is 0.0524. The molecule has 0 radical (unpaired) electrons. The van der Waals surface area contributed by atoms with E-state index in [0.717, 1.165) is 0 Å². The number of hydrogen-bond donors (Lipinski definition) is 1. The Morgan fingerprint density at radius 1 is 1.00 bits per heavy atom. The Hall–Kier alpha value is -2.44. The molecule has 0 unspecified atom stereocenters. The maximum atomic E-state index is 13.2. The molecule has 0 amide bonds. The van der Waals surface area contributed by atoms with Gasteiger partial charge in [-0.25, -0.2) is 4.98 Å². The van der Waals surface area contributed by atoms with E-state index >= 15 is 0 Å². The average molecular weight is 454 g/mol. The number of nitrogens with zero attached hydrogens (tertiary/aromatic N) is 2. The summed E-state index contributed by atoms with van der Waals surface area (Å²) in [5, 5.41) is 0.436. The largest absolute Gasteiger partial charge is 0.435 e. The third kappa shape index (κ3) is 4.77. The number of benzene rings is 1. The number of aromatic nitrogens is 2. The van der Waals surface area contributed by atoms with E-state index in [0.29, 0.717) is 4.57 Å². The molecule has 1 aromatic heterocycles. The van der Waals surface area contributed by atoms with Crippen LogP contribution in [0.2, 0.25) is 5.02 Å². The van der Waals surface area contributed by atoms with Crippen molar-refractivity contribution in [3.05, 3.63) is 50.4 Å². The van der Waals surface area contributed by atoms with Crippen LogP contribution in [0.25, 0.3) is 0 Å². The lowest BCUT2D eigenvalue weighted by Crippen LogP contribution is -2.28. The van der Waals surface area contributed by atoms with Gasteiger partial charge < -0.3 is 5.32 Å². The number of rotatable bonds is 3. The molecule has 0 saturated carbocycles. The van der Waals surface area contributed by atoms with Gasteiger partial charge in [0.05, 0.1) is 16.8 Å². The molecule has 0 atom stereocenters. The van der Waals surface area contributed by atoms with Gasteiger partial charge in [-0.1, -0.05) is 11.6 Å². The highest BCUT2D eigenvalue weighted by Crippen LogP contribution is 2.40. The van der Waals surface area contributed by atoms with Crippen LogP contribution in [0, 0.1) is 0 Å². The average Bonchev–Trinajstić information content (AvgIpc) is 2.55. The van der Waals surface area contributed by atoms with Crippen molar-refractivity contribution >= 4 is 23.2 Å². The summed E-state index contributed by atoms with van der Waals surface area (Å²) in [4.78, 5) is 15.1. The van der Waals surface area contributed by atoms with Crippen LogP contribution in [0.4, 0.5) is 51.1 Å². The highest BCUT2D eigenvalue weighted by Gasteiger charge is 2.39. The molecule has 0 saturated heterocycles. The van der Waals surface area contributed by atoms with Crippen molar-refractivity contribution in [3.63, 3.8) is 0 Å². The van der Waals surface area contributed by atoms with E-state index < -0.39 is 57.6 Å². The van der Waals surface area contributed by atoms with Crippen molar-refractivity contribution in [1.82, 2.24) is 9.55 Å². The monoisotopic (exact) mass is 453 g/mol. The van der Waals surface area contributed by atoms with Crippen molar-refractivity contribution in [3.8, 4) is 0 Å². The first kappa shape index (κ1) is 22.8. The predicted octanol–water partition coefficient (Wildman–Crippen LogP) is 5.72. The number of nitrogens with one attached hydrogen (secondary N) is 1. The second kappa shape index (κ2) is 7.43. The zero-order valence-corrected chi connectivity index (χ0v) is 14.8. The maximum Gasteiger partial charge on any atom is 0.435 e. The second-order valence-electron chi connectivity index (χ2n) is 5.53. The Bertz CT molecular complexity index is 977. The van der Waals surface area contributed by atoms with E-state index in [-0.39, 0.29) is 24.7 Å². The van der Waals surface area contributed by atoms with Crippen LogP contribution in [-0.4, -0.2) is 9.55 Å². The van der Waals surface area contributed by atoms with Gasteiger partial charge >= 0.3 is 18.5 Å². The molecule has 0 spiro atoms. The van der Waals surface area contributed by atoms with Crippen LogP contribution < -0.4 is 10.9 Å². The molecule has 0 aliphatic heterocycles. The highest BCUT2D eigenvalue weighted by atomic mass is 35.5. The van der Waals surface area contributed by atoms with Crippen LogP contribution in [0.15, 0.2) is 23.0 Å². The molecule has 1 aromatic carbocycles. The van der Waals surface area contributed by atoms with Crippen LogP contribution in [0.1, 0.15) is 23.7 Å². The highest BCUT2D eigenvalue weighted by molar-refractivity contribution is 6.31. The first-order chi connectivity index (χ1) is 13.1. The molecule has 0 aliphatic rings. The third-order valence-electron chi connectivity index (χ3n) is 3.60. The summed E-state index contributed by atoms with van der Waals surface area (Å²) < 4.78 is 118. The molecular formula is C15H9ClF9N3O. The summed E-state index contributed by atoms with van der Waals surface area (Å²) in [7, 11) is 0. The number of hydrogen-bond acceptors (Lipinski definition) is 3. The lowest BCUT2D eigenvalue weighted by Gasteiger charge is -2.19. The van der Waals surface area contributed by atoms with Crippen LogP contribution in [0.3, 0.4) is 0 Å². The van der Waals surface area contributed by atoms with Crippen molar-refractivity contribution in [2.45, 2.75) is 32.0 Å². The van der Waals surface area contributed by atoms with Gasteiger partial charge in [-0.15, -0.1) is 0 Å². The Balaban J connectivity index is 2.76. The molecule has 160 valence electrons. The molecule has 0 aliphatic carbocycles. The van der Waals surface area contributed by atoms with Gasteiger partial charge in [-0.2, -0.15) is 39.5 Å². The Morgan fingerprint density at radius 3 is 2.03 bits per heavy atom. The van der Waals surface area contributed by atoms with Crippen molar-refractivity contribution < 1.29 is 39.5 Å². The molecule has 29 heavy (non-hydrogen) atoms. The molecule has 0 fully saturated rings. The SMILES string of the molecule is CCn1c(Nc2cc(C(F)(F)F)ccc2C(F)(F)F)nc(C(F)(F)F)c(Cl)c1=O. The molecule has 1 N–H and O–H groups in total. The fraction of sp³-hybridized carbons (Fsp3) is 0.333. The summed E-state index contributed by atoms with van der Waals surface area (Å²) in [6.45, 7) is 0.862. The van der Waals surface area contributed by atoms with E-state index in [2.05, 4.69) is 4.98 Å². The van der Waals surface area contributed by atoms with Crippen molar-refractivity contribution in [2.75, 3.05) is 5.32 Å². The second-order valence-corrected chi connectivity index (χ2v) is 5.90. The molecule has 2 aromatic rings. The van der Waals surface area contributed by atoms with E-state index in [1.165, 1.54) is 6.92 Å². The standard InChI is InChI=1S/C15H9ClF9N3O/c1-2-28-11(29)9(16)10(15(23,24)25)27-12(28)26-8-5-6(13(17,18)19)3-4-7(8)14(20,21)22/h3-5H,2H2,1H3,(H,26,27). The maximum absolute atomic E-state index is 13.2. The van der Waals surface area contributed by atoms with Crippen molar-refractivity contribution in [2.24, 2.45) is 0 Å². The Kier molecular flexibility index (Phi) is 5.85. The lowest BCUT2D eigenvalue weighted by molar-refractivity contribution is -0.141. The summed E-state index contributed by atoms with van der Waals surface area (Å²) >= 11 is 5.35. The molecule has 4 nitrogen and oxygen atoms in total. The predicted molar refractivity (Wildman–Crippen MR) is 83.9 cm³/mol. The number of halogens is 10. The fourth-order valence-corrected chi connectivity index (χ4v) is 2.55. The first-order valence-electron chi connectivity index (χ1n) is 7.50. The number of anilines is 2. The normalized spacial score (nSPS) is 12.9. The zero-order chi connectivity index (χ0) is 22.4. The van der Waals surface area contributed by atoms with Gasteiger partial charge in [0.15, 0.2) is 5.69 Å². The molecule has 14 heteroatoms. The van der Waals surface area contributed by atoms with Gasteiger partial charge in [0.2, 0.25) is 5.95 Å². The van der Waals surface area contributed by atoms with Crippen molar-refractivity contribution in [1.29, 1.82) is 0 Å². The van der Waals surface area contributed by atoms with Crippen LogP contribution >= 0.6 is 11.6 Å². The summed E-state index contributed by atoms with van der Waals surface area (Å²) in [6.07, 6.45) is -15.4. The smallest absolute Gasteiger partial charge is 0.325 e. The molecule has 0 bridgehead atoms. The van der Waals surface area contributed by atoms with E-state index in [1.54, 1.807) is 5.32 Å². The minimum atomic E-state index is -5.24. The van der Waals surface area contributed by atoms with Crippen LogP contribution in [0.5, 0.6) is 0 Å². The summed E-state index contributed by atoms with van der Waals surface area (Å²) in [5.41, 5.74) is -7.66. The summed E-state index contributed by atoms with van der Waals surface area (Å²) in [6, 6.07) is 0.328. The fourth-order valence-electron chi connectivity index (χ4n) is 2.30. The molecule has 2 rings (SSSR count). The van der Waals surface area contributed by atoms with Gasteiger partial charge in [0, 0.05) is 6.54 Å². The van der Waals surface area contributed by atoms with E-state index in [1.807, 2.05) is 0 Å². The quantitative estimate of drug-likeness (QED) is 0.605. The topological polar surface area (TPSA) is 46.9 Å².